The molecular weight excluding hydrogens is 476 g/mol. The van der Waals surface area contributed by atoms with E-state index < -0.39 is 6.10 Å². The molecule has 8 heteroatoms. The minimum Gasteiger partial charge on any atom is -0.491 e. The Morgan fingerprint density at radius 2 is 2.19 bits per heavy atom. The molecule has 2 aromatic heterocycles. The van der Waals surface area contributed by atoms with Crippen LogP contribution < -0.4 is 4.74 Å². The first-order valence-corrected chi connectivity index (χ1v) is 13.5. The van der Waals surface area contributed by atoms with Gasteiger partial charge in [0, 0.05) is 18.0 Å². The molecule has 7 nitrogen and oxygen atoms in total. The average molecular weight is 513 g/mol. The molecule has 36 heavy (non-hydrogen) atoms. The number of fused-ring (bicyclic) bond motifs is 1. The van der Waals surface area contributed by atoms with Gasteiger partial charge in [0.2, 0.25) is 5.91 Å². The van der Waals surface area contributed by atoms with Gasteiger partial charge in [-0.2, -0.15) is 0 Å². The van der Waals surface area contributed by atoms with Gasteiger partial charge in [-0.05, 0) is 73.1 Å². The molecule has 0 fully saturated rings. The largest absolute Gasteiger partial charge is 0.491 e. The first kappa shape index (κ1) is 26.4. The number of rotatable bonds is 13. The summed E-state index contributed by atoms with van der Waals surface area (Å²) in [5.41, 5.74) is 2.32. The molecule has 0 radical (unpaired) electrons. The molecule has 0 saturated carbocycles. The standard InChI is InChI=1S/C28H36N2O5S/c1-3-11-29(16-22(31)18-33-19-24-8-5-13-34-24)17-28(32)30-12-9-27-25(10-14-36-27)26(30)20-35-23-7-4-6-21(2)15-23/h4-8,10,13-15,22,26,31H,3,9,11-12,16-20H2,1-2H3. The van der Waals surface area contributed by atoms with Crippen LogP contribution in [0.1, 0.15) is 41.2 Å². The summed E-state index contributed by atoms with van der Waals surface area (Å²) in [5.74, 6) is 1.59. The zero-order chi connectivity index (χ0) is 25.3. The van der Waals surface area contributed by atoms with Crippen molar-refractivity contribution in [3.63, 3.8) is 0 Å². The number of aliphatic hydroxyl groups is 1. The van der Waals surface area contributed by atoms with Crippen molar-refractivity contribution in [2.24, 2.45) is 0 Å². The average Bonchev–Trinajstić information content (AvgIpc) is 3.55. The number of carbonyl (C=O) groups is 1. The van der Waals surface area contributed by atoms with Crippen molar-refractivity contribution >= 4 is 17.2 Å². The number of carbonyl (C=O) groups excluding carboxylic acids is 1. The summed E-state index contributed by atoms with van der Waals surface area (Å²) in [7, 11) is 0. The fourth-order valence-electron chi connectivity index (χ4n) is 4.63. The Balaban J connectivity index is 1.36. The van der Waals surface area contributed by atoms with Crippen LogP contribution in [-0.4, -0.2) is 66.3 Å². The van der Waals surface area contributed by atoms with Gasteiger partial charge in [-0.15, -0.1) is 11.3 Å². The third-order valence-corrected chi connectivity index (χ3v) is 7.31. The highest BCUT2D eigenvalue weighted by Crippen LogP contribution is 2.34. The first-order valence-electron chi connectivity index (χ1n) is 12.6. The molecule has 1 aliphatic heterocycles. The quantitative estimate of drug-likeness (QED) is 0.365. The molecule has 2 unspecified atom stereocenters. The molecule has 0 bridgehead atoms. The molecule has 0 aliphatic carbocycles. The molecule has 3 heterocycles. The predicted molar refractivity (Wildman–Crippen MR) is 140 cm³/mol. The summed E-state index contributed by atoms with van der Waals surface area (Å²) in [4.78, 5) is 18.8. The van der Waals surface area contributed by atoms with Crippen LogP contribution in [-0.2, 0) is 22.6 Å². The van der Waals surface area contributed by atoms with Gasteiger partial charge >= 0.3 is 0 Å². The molecule has 194 valence electrons. The number of nitrogens with zero attached hydrogens (tertiary/aromatic N) is 2. The smallest absolute Gasteiger partial charge is 0.237 e. The van der Waals surface area contributed by atoms with Crippen molar-refractivity contribution < 1.29 is 23.8 Å². The third-order valence-electron chi connectivity index (χ3n) is 6.31. The second kappa shape index (κ2) is 13.1. The highest BCUT2D eigenvalue weighted by molar-refractivity contribution is 7.10. The van der Waals surface area contributed by atoms with Crippen molar-refractivity contribution in [2.45, 2.75) is 45.4 Å². The van der Waals surface area contributed by atoms with Gasteiger partial charge in [-0.1, -0.05) is 19.1 Å². The molecule has 1 amide bonds. The van der Waals surface area contributed by atoms with Gasteiger partial charge in [0.1, 0.15) is 24.7 Å². The Labute approximate surface area is 217 Å². The maximum absolute atomic E-state index is 13.5. The molecule has 1 aromatic carbocycles. The molecule has 0 spiro atoms. The van der Waals surface area contributed by atoms with Gasteiger partial charge in [0.25, 0.3) is 0 Å². The maximum Gasteiger partial charge on any atom is 0.237 e. The third kappa shape index (κ3) is 7.20. The normalized spacial score (nSPS) is 16.2. The van der Waals surface area contributed by atoms with Crippen molar-refractivity contribution in [3.05, 3.63) is 75.9 Å². The van der Waals surface area contributed by atoms with Crippen molar-refractivity contribution in [3.8, 4) is 5.75 Å². The molecular formula is C28H36N2O5S. The number of benzene rings is 1. The van der Waals surface area contributed by atoms with E-state index >= 15 is 0 Å². The van der Waals surface area contributed by atoms with Crippen LogP contribution in [0, 0.1) is 6.92 Å². The summed E-state index contributed by atoms with van der Waals surface area (Å²) in [6, 6.07) is 13.6. The van der Waals surface area contributed by atoms with Gasteiger partial charge < -0.3 is 23.9 Å². The van der Waals surface area contributed by atoms with E-state index in [1.807, 2.05) is 53.1 Å². The van der Waals surface area contributed by atoms with Crippen molar-refractivity contribution in [2.75, 3.05) is 39.4 Å². The summed E-state index contributed by atoms with van der Waals surface area (Å²) in [6.07, 6.45) is 2.66. The van der Waals surface area contributed by atoms with Crippen LogP contribution in [0.25, 0.3) is 0 Å². The Hall–Kier alpha value is -2.65. The van der Waals surface area contributed by atoms with Crippen molar-refractivity contribution in [1.29, 1.82) is 0 Å². The lowest BCUT2D eigenvalue weighted by molar-refractivity contribution is -0.136. The number of hydrogen-bond donors (Lipinski definition) is 1. The number of aryl methyl sites for hydroxylation is 1. The molecule has 3 aromatic rings. The topological polar surface area (TPSA) is 75.4 Å². The van der Waals surface area contributed by atoms with E-state index in [2.05, 4.69) is 18.4 Å². The SMILES string of the molecule is CCCN(CC(=O)N1CCc2sccc2C1COc1cccc(C)c1)CC(O)COCc1ccco1. The fraction of sp³-hybridized carbons (Fsp3) is 0.464. The maximum atomic E-state index is 13.5. The lowest BCUT2D eigenvalue weighted by Gasteiger charge is -2.37. The van der Waals surface area contributed by atoms with Crippen LogP contribution in [0.4, 0.5) is 0 Å². The second-order valence-electron chi connectivity index (χ2n) is 9.26. The zero-order valence-electron chi connectivity index (χ0n) is 21.1. The summed E-state index contributed by atoms with van der Waals surface area (Å²) in [5, 5.41) is 12.6. The van der Waals surface area contributed by atoms with Crippen LogP contribution in [0.3, 0.4) is 0 Å². The summed E-state index contributed by atoms with van der Waals surface area (Å²) in [6.45, 7) is 7.05. The predicted octanol–water partition coefficient (Wildman–Crippen LogP) is 4.44. The molecule has 0 saturated heterocycles. The summed E-state index contributed by atoms with van der Waals surface area (Å²) < 4.78 is 17.0. The molecule has 4 rings (SSSR count). The van der Waals surface area contributed by atoms with E-state index in [-0.39, 0.29) is 25.1 Å². The lowest BCUT2D eigenvalue weighted by atomic mass is 10.0. The van der Waals surface area contributed by atoms with E-state index in [0.29, 0.717) is 26.3 Å². The highest BCUT2D eigenvalue weighted by Gasteiger charge is 2.33. The Morgan fingerprint density at radius 3 is 2.97 bits per heavy atom. The second-order valence-corrected chi connectivity index (χ2v) is 10.3. The van der Waals surface area contributed by atoms with Crippen LogP contribution >= 0.6 is 11.3 Å². The number of hydrogen-bond acceptors (Lipinski definition) is 7. The molecule has 1 aliphatic rings. The Bertz CT molecular complexity index is 1080. The Morgan fingerprint density at radius 1 is 1.31 bits per heavy atom. The lowest BCUT2D eigenvalue weighted by Crippen LogP contribution is -2.48. The molecule has 1 N–H and O–H groups in total. The van der Waals surface area contributed by atoms with Gasteiger partial charge in [0.15, 0.2) is 0 Å². The van der Waals surface area contributed by atoms with Crippen molar-refractivity contribution in [1.82, 2.24) is 9.80 Å². The van der Waals surface area contributed by atoms with E-state index in [1.165, 1.54) is 10.4 Å². The monoisotopic (exact) mass is 512 g/mol. The first-order chi connectivity index (χ1) is 17.5. The van der Waals surface area contributed by atoms with Gasteiger partial charge in [-0.25, -0.2) is 0 Å². The highest BCUT2D eigenvalue weighted by atomic mass is 32.1. The van der Waals surface area contributed by atoms with E-state index in [9.17, 15) is 9.90 Å². The number of ether oxygens (including phenoxy) is 2. The zero-order valence-corrected chi connectivity index (χ0v) is 21.9. The van der Waals surface area contributed by atoms with E-state index in [0.717, 1.165) is 36.5 Å². The minimum absolute atomic E-state index is 0.0573. The number of thiophene rings is 1. The van der Waals surface area contributed by atoms with Crippen LogP contribution in [0.5, 0.6) is 5.75 Å². The molecule has 2 atom stereocenters. The van der Waals surface area contributed by atoms with E-state index in [1.54, 1.807) is 17.6 Å². The van der Waals surface area contributed by atoms with Crippen LogP contribution in [0.15, 0.2) is 58.5 Å². The number of aliphatic hydroxyl groups excluding tert-OH is 1. The fourth-order valence-corrected chi connectivity index (χ4v) is 5.56. The van der Waals surface area contributed by atoms with Gasteiger partial charge in [-0.3, -0.25) is 9.69 Å². The summed E-state index contributed by atoms with van der Waals surface area (Å²) >= 11 is 1.75. The van der Waals surface area contributed by atoms with Crippen LogP contribution in [0.2, 0.25) is 0 Å². The van der Waals surface area contributed by atoms with E-state index in [4.69, 9.17) is 13.9 Å². The number of amides is 1. The van der Waals surface area contributed by atoms with Gasteiger partial charge in [0.05, 0.1) is 31.6 Å². The number of furan rings is 1. The minimum atomic E-state index is -0.690. The Kier molecular flexibility index (Phi) is 9.58.